The van der Waals surface area contributed by atoms with Crippen LogP contribution in [0.4, 0.5) is 0 Å². The van der Waals surface area contributed by atoms with E-state index in [1.165, 1.54) is 53.2 Å². The molecule has 1 aliphatic rings. The second-order valence-corrected chi connectivity index (χ2v) is 16.5. The lowest BCUT2D eigenvalue weighted by atomic mass is 9.95. The molecule has 2 aromatic rings. The van der Waals surface area contributed by atoms with Crippen LogP contribution in [-0.2, 0) is 8.85 Å². The van der Waals surface area contributed by atoms with Crippen LogP contribution in [0.3, 0.4) is 0 Å². The summed E-state index contributed by atoms with van der Waals surface area (Å²) >= 11 is 0. The second kappa shape index (κ2) is 10.3. The molecule has 2 nitrogen and oxygen atoms in total. The first-order chi connectivity index (χ1) is 15.5. The molecule has 1 unspecified atom stereocenters. The van der Waals surface area contributed by atoms with E-state index < -0.39 is 8.56 Å². The second-order valence-electron chi connectivity index (χ2n) is 11.8. The molecule has 0 amide bonds. The van der Waals surface area contributed by atoms with Gasteiger partial charge < -0.3 is 8.85 Å². The van der Waals surface area contributed by atoms with Gasteiger partial charge in [0.15, 0.2) is 0 Å². The lowest BCUT2D eigenvalue weighted by Crippen LogP contribution is -2.58. The van der Waals surface area contributed by atoms with Crippen LogP contribution < -0.4 is 0 Å². The average Bonchev–Trinajstić information content (AvgIpc) is 2.73. The highest BCUT2D eigenvalue weighted by Gasteiger charge is 2.59. The number of hydrogen-bond acceptors (Lipinski definition) is 2. The minimum Gasteiger partial charge on any atom is -0.389 e. The maximum atomic E-state index is 7.36. The Hall–Kier alpha value is -1.64. The van der Waals surface area contributed by atoms with Crippen molar-refractivity contribution in [2.75, 3.05) is 6.61 Å². The van der Waals surface area contributed by atoms with Crippen molar-refractivity contribution in [1.82, 2.24) is 0 Å². The van der Waals surface area contributed by atoms with Crippen LogP contribution in [0.1, 0.15) is 99.2 Å². The molecule has 0 spiro atoms. The van der Waals surface area contributed by atoms with Crippen molar-refractivity contribution in [2.24, 2.45) is 0 Å². The van der Waals surface area contributed by atoms with Gasteiger partial charge in [0, 0.05) is 15.6 Å². The summed E-state index contributed by atoms with van der Waals surface area (Å²) in [5.41, 5.74) is 7.42. The van der Waals surface area contributed by atoms with Crippen molar-refractivity contribution in [2.45, 2.75) is 104 Å². The molecule has 0 fully saturated rings. The highest BCUT2D eigenvalue weighted by atomic mass is 28.4. The van der Waals surface area contributed by atoms with Crippen molar-refractivity contribution in [3.8, 4) is 0 Å². The van der Waals surface area contributed by atoms with Crippen LogP contribution in [0, 0.1) is 0 Å². The lowest BCUT2D eigenvalue weighted by molar-refractivity contribution is 0.0971. The largest absolute Gasteiger partial charge is 0.389 e. The number of fused-ring (bicyclic) bond motifs is 1. The fourth-order valence-electron chi connectivity index (χ4n) is 5.34. The SMILES string of the molecule is CCCCCCC1=C=C(C)CO[Si](C(C)(C)C)(C(C)(C)C)OC1c1ccc2ccccc2c1. The van der Waals surface area contributed by atoms with Crippen molar-refractivity contribution in [3.63, 3.8) is 0 Å². The van der Waals surface area contributed by atoms with Gasteiger partial charge in [-0.3, -0.25) is 0 Å². The molecule has 0 saturated carbocycles. The Kier molecular flexibility index (Phi) is 8.12. The molecule has 180 valence electrons. The molecular formula is C30H44O2Si. The Bertz CT molecular complexity index is 1000. The monoisotopic (exact) mass is 464 g/mol. The number of unbranched alkanes of at least 4 members (excludes halogenated alkanes) is 3. The topological polar surface area (TPSA) is 18.5 Å². The standard InChI is InChI=1S/C30H44O2Si/c1-9-10-11-12-17-26-20-23(2)22-31-33(29(3,4)5,30(6,7)8)32-28(26)27-19-18-24-15-13-14-16-25(24)21-27/h13-16,18-19,21,28H,9-12,17,22H2,1-8H3. The Labute approximate surface area is 203 Å². The molecule has 33 heavy (non-hydrogen) atoms. The predicted molar refractivity (Wildman–Crippen MR) is 144 cm³/mol. The zero-order valence-electron chi connectivity index (χ0n) is 22.2. The summed E-state index contributed by atoms with van der Waals surface area (Å²) in [4.78, 5) is 0. The fraction of sp³-hybridized carbons (Fsp3) is 0.567. The summed E-state index contributed by atoms with van der Waals surface area (Å²) in [6.45, 7) is 18.8. The van der Waals surface area contributed by atoms with Gasteiger partial charge in [0.25, 0.3) is 0 Å². The quantitative estimate of drug-likeness (QED) is 0.241. The third kappa shape index (κ3) is 5.71. The average molecular weight is 465 g/mol. The molecule has 3 rings (SSSR count). The van der Waals surface area contributed by atoms with E-state index in [0.29, 0.717) is 6.61 Å². The van der Waals surface area contributed by atoms with Gasteiger partial charge in [-0.15, -0.1) is 5.73 Å². The molecule has 3 heteroatoms. The van der Waals surface area contributed by atoms with Crippen LogP contribution in [0.5, 0.6) is 0 Å². The maximum absolute atomic E-state index is 7.36. The summed E-state index contributed by atoms with van der Waals surface area (Å²) in [6.07, 6.45) is 5.85. The minimum absolute atomic E-state index is 0.0781. The van der Waals surface area contributed by atoms with Crippen molar-refractivity contribution in [1.29, 1.82) is 0 Å². The van der Waals surface area contributed by atoms with Crippen molar-refractivity contribution < 1.29 is 8.85 Å². The summed E-state index contributed by atoms with van der Waals surface area (Å²) in [5.74, 6) is 0. The highest BCUT2D eigenvalue weighted by Crippen LogP contribution is 2.55. The van der Waals surface area contributed by atoms with Gasteiger partial charge >= 0.3 is 8.56 Å². The predicted octanol–water partition coefficient (Wildman–Crippen LogP) is 9.41. The first-order valence-corrected chi connectivity index (χ1v) is 14.6. The first-order valence-electron chi connectivity index (χ1n) is 12.7. The van der Waals surface area contributed by atoms with Gasteiger partial charge in [0.1, 0.15) is 6.10 Å². The van der Waals surface area contributed by atoms with Crippen molar-refractivity contribution in [3.05, 3.63) is 64.9 Å². The number of benzene rings is 2. The molecular weight excluding hydrogens is 420 g/mol. The molecule has 1 aliphatic heterocycles. The van der Waals surface area contributed by atoms with Gasteiger partial charge in [-0.25, -0.2) is 0 Å². The van der Waals surface area contributed by atoms with Gasteiger partial charge in [-0.2, -0.15) is 0 Å². The Morgan fingerprint density at radius 1 is 0.909 bits per heavy atom. The minimum atomic E-state index is -2.70. The molecule has 0 aromatic heterocycles. The number of hydrogen-bond donors (Lipinski definition) is 0. The summed E-state index contributed by atoms with van der Waals surface area (Å²) in [5, 5.41) is 2.36. The molecule has 1 heterocycles. The van der Waals surface area contributed by atoms with Gasteiger partial charge in [0.2, 0.25) is 0 Å². The van der Waals surface area contributed by atoms with Gasteiger partial charge in [-0.1, -0.05) is 104 Å². The van der Waals surface area contributed by atoms with E-state index in [9.17, 15) is 0 Å². The highest BCUT2D eigenvalue weighted by molar-refractivity contribution is 6.73. The third-order valence-electron chi connectivity index (χ3n) is 6.82. The summed E-state index contributed by atoms with van der Waals surface area (Å²) in [6, 6.07) is 15.4. The van der Waals surface area contributed by atoms with Crippen LogP contribution in [0.2, 0.25) is 10.1 Å². The molecule has 1 atom stereocenters. The van der Waals surface area contributed by atoms with Gasteiger partial charge in [0.05, 0.1) is 6.61 Å². The van der Waals surface area contributed by atoms with E-state index in [0.717, 1.165) is 6.42 Å². The van der Waals surface area contributed by atoms with E-state index >= 15 is 0 Å². The number of rotatable bonds is 6. The van der Waals surface area contributed by atoms with Crippen LogP contribution in [0.15, 0.2) is 59.3 Å². The Morgan fingerprint density at radius 2 is 1.58 bits per heavy atom. The smallest absolute Gasteiger partial charge is 0.350 e. The molecule has 2 aromatic carbocycles. The van der Waals surface area contributed by atoms with E-state index in [1.54, 1.807) is 0 Å². The Balaban J connectivity index is 2.17. The van der Waals surface area contributed by atoms with Crippen LogP contribution >= 0.6 is 0 Å². The van der Waals surface area contributed by atoms with Crippen LogP contribution in [0.25, 0.3) is 10.8 Å². The first kappa shape index (κ1) is 26.0. The van der Waals surface area contributed by atoms with Crippen LogP contribution in [-0.4, -0.2) is 15.2 Å². The molecule has 0 bridgehead atoms. The van der Waals surface area contributed by atoms with E-state index in [4.69, 9.17) is 8.85 Å². The normalized spacial score (nSPS) is 19.6. The van der Waals surface area contributed by atoms with E-state index in [1.807, 2.05) is 0 Å². The maximum Gasteiger partial charge on any atom is 0.350 e. The lowest BCUT2D eigenvalue weighted by Gasteiger charge is -2.51. The third-order valence-corrected chi connectivity index (χ3v) is 11.9. The molecule has 0 saturated heterocycles. The zero-order chi connectivity index (χ0) is 24.3. The van der Waals surface area contributed by atoms with E-state index in [-0.39, 0.29) is 16.2 Å². The zero-order valence-corrected chi connectivity index (χ0v) is 23.2. The Morgan fingerprint density at radius 3 is 2.21 bits per heavy atom. The molecule has 0 N–H and O–H groups in total. The summed E-state index contributed by atoms with van der Waals surface area (Å²) < 4.78 is 14.2. The van der Waals surface area contributed by atoms with Crippen molar-refractivity contribution >= 4 is 19.3 Å². The van der Waals surface area contributed by atoms with Gasteiger partial charge in [-0.05, 0) is 47.7 Å². The molecule has 0 radical (unpaired) electrons. The van der Waals surface area contributed by atoms with E-state index in [2.05, 4.69) is 104 Å². The fourth-order valence-corrected chi connectivity index (χ4v) is 10.3. The summed E-state index contributed by atoms with van der Waals surface area (Å²) in [7, 11) is -2.70. The molecule has 0 aliphatic carbocycles.